The standard InChI is InChI=1S/C18H21FN2O/c1-13-3-8-17(14(2)11-13)20-10-9-18(22)21-12-15-4-6-16(19)7-5-15/h3-8,11,20H,9-10,12H2,1-2H3,(H,21,22). The zero-order valence-electron chi connectivity index (χ0n) is 12.9. The molecule has 0 aromatic heterocycles. The molecule has 0 fully saturated rings. The monoisotopic (exact) mass is 300 g/mol. The van der Waals surface area contributed by atoms with Crippen molar-refractivity contribution in [2.24, 2.45) is 0 Å². The number of rotatable bonds is 6. The van der Waals surface area contributed by atoms with Gasteiger partial charge in [0.2, 0.25) is 5.91 Å². The second-order valence-corrected chi connectivity index (χ2v) is 5.40. The molecular weight excluding hydrogens is 279 g/mol. The predicted octanol–water partition coefficient (Wildman–Crippen LogP) is 3.56. The van der Waals surface area contributed by atoms with E-state index in [4.69, 9.17) is 0 Å². The van der Waals surface area contributed by atoms with Gasteiger partial charge in [-0.25, -0.2) is 4.39 Å². The first kappa shape index (κ1) is 16.0. The molecule has 1 amide bonds. The zero-order chi connectivity index (χ0) is 15.9. The molecule has 0 aliphatic heterocycles. The Hall–Kier alpha value is -2.36. The predicted molar refractivity (Wildman–Crippen MR) is 87.3 cm³/mol. The highest BCUT2D eigenvalue weighted by atomic mass is 19.1. The van der Waals surface area contributed by atoms with E-state index < -0.39 is 0 Å². The molecular formula is C18H21FN2O. The number of carbonyl (C=O) groups excluding carboxylic acids is 1. The van der Waals surface area contributed by atoms with Crippen molar-refractivity contribution in [1.29, 1.82) is 0 Å². The number of nitrogens with one attached hydrogen (secondary N) is 2. The molecule has 0 unspecified atom stereocenters. The first-order chi connectivity index (χ1) is 10.5. The number of aryl methyl sites for hydroxylation is 2. The molecule has 0 aliphatic rings. The van der Waals surface area contributed by atoms with Crippen LogP contribution in [-0.2, 0) is 11.3 Å². The highest BCUT2D eigenvalue weighted by Gasteiger charge is 2.03. The second-order valence-electron chi connectivity index (χ2n) is 5.40. The minimum Gasteiger partial charge on any atom is -0.384 e. The molecule has 3 nitrogen and oxygen atoms in total. The Morgan fingerprint density at radius 2 is 1.82 bits per heavy atom. The van der Waals surface area contributed by atoms with Crippen LogP contribution in [0.15, 0.2) is 42.5 Å². The smallest absolute Gasteiger partial charge is 0.222 e. The molecule has 0 bridgehead atoms. The van der Waals surface area contributed by atoms with Crippen molar-refractivity contribution in [1.82, 2.24) is 5.32 Å². The molecule has 4 heteroatoms. The van der Waals surface area contributed by atoms with Gasteiger partial charge in [-0.05, 0) is 43.2 Å². The Morgan fingerprint density at radius 3 is 2.50 bits per heavy atom. The lowest BCUT2D eigenvalue weighted by Crippen LogP contribution is -2.24. The molecule has 2 aromatic carbocycles. The summed E-state index contributed by atoms with van der Waals surface area (Å²) in [6.45, 7) is 5.10. The summed E-state index contributed by atoms with van der Waals surface area (Å²) in [5.74, 6) is -0.297. The van der Waals surface area contributed by atoms with Crippen molar-refractivity contribution in [2.45, 2.75) is 26.8 Å². The van der Waals surface area contributed by atoms with Gasteiger partial charge in [-0.3, -0.25) is 4.79 Å². The van der Waals surface area contributed by atoms with Gasteiger partial charge in [-0.2, -0.15) is 0 Å². The molecule has 2 aromatic rings. The number of hydrogen-bond acceptors (Lipinski definition) is 2. The van der Waals surface area contributed by atoms with Crippen molar-refractivity contribution < 1.29 is 9.18 Å². The third-order valence-corrected chi connectivity index (χ3v) is 3.45. The minimum absolute atomic E-state index is 0.0263. The minimum atomic E-state index is -0.271. The van der Waals surface area contributed by atoms with E-state index in [-0.39, 0.29) is 11.7 Å². The third kappa shape index (κ3) is 4.88. The maximum absolute atomic E-state index is 12.8. The van der Waals surface area contributed by atoms with Gasteiger partial charge >= 0.3 is 0 Å². The van der Waals surface area contributed by atoms with Crippen LogP contribution in [0.4, 0.5) is 10.1 Å². The summed E-state index contributed by atoms with van der Waals surface area (Å²) in [4.78, 5) is 11.8. The summed E-state index contributed by atoms with van der Waals surface area (Å²) in [6, 6.07) is 12.3. The van der Waals surface area contributed by atoms with Gasteiger partial charge in [0, 0.05) is 25.2 Å². The quantitative estimate of drug-likeness (QED) is 0.856. The van der Waals surface area contributed by atoms with Gasteiger partial charge in [0.05, 0.1) is 0 Å². The number of amides is 1. The van der Waals surface area contributed by atoms with Gasteiger partial charge in [0.15, 0.2) is 0 Å². The highest BCUT2D eigenvalue weighted by molar-refractivity contribution is 5.76. The molecule has 0 saturated heterocycles. The summed E-state index contributed by atoms with van der Waals surface area (Å²) < 4.78 is 12.8. The number of benzene rings is 2. The fourth-order valence-corrected chi connectivity index (χ4v) is 2.21. The maximum Gasteiger partial charge on any atom is 0.222 e. The Bertz CT molecular complexity index is 638. The Morgan fingerprint density at radius 1 is 1.09 bits per heavy atom. The lowest BCUT2D eigenvalue weighted by Gasteiger charge is -2.10. The summed E-state index contributed by atoms with van der Waals surface area (Å²) in [7, 11) is 0. The SMILES string of the molecule is Cc1ccc(NCCC(=O)NCc2ccc(F)cc2)c(C)c1. The maximum atomic E-state index is 12.8. The van der Waals surface area contributed by atoms with Crippen LogP contribution in [0.25, 0.3) is 0 Å². The molecule has 0 heterocycles. The van der Waals surface area contributed by atoms with E-state index in [0.29, 0.717) is 19.5 Å². The summed E-state index contributed by atoms with van der Waals surface area (Å²) in [6.07, 6.45) is 0.397. The van der Waals surface area contributed by atoms with Crippen LogP contribution in [-0.4, -0.2) is 12.5 Å². The fraction of sp³-hybridized carbons (Fsp3) is 0.278. The normalized spacial score (nSPS) is 10.3. The van der Waals surface area contributed by atoms with Crippen LogP contribution >= 0.6 is 0 Å². The molecule has 22 heavy (non-hydrogen) atoms. The largest absolute Gasteiger partial charge is 0.384 e. The number of carbonyl (C=O) groups is 1. The molecule has 2 rings (SSSR count). The number of anilines is 1. The third-order valence-electron chi connectivity index (χ3n) is 3.45. The van der Waals surface area contributed by atoms with Crippen molar-refractivity contribution in [2.75, 3.05) is 11.9 Å². The Labute approximate surface area is 130 Å². The van der Waals surface area contributed by atoms with Gasteiger partial charge in [0.25, 0.3) is 0 Å². The van der Waals surface area contributed by atoms with E-state index in [0.717, 1.165) is 11.3 Å². The topological polar surface area (TPSA) is 41.1 Å². The Balaban J connectivity index is 1.72. The molecule has 0 radical (unpaired) electrons. The fourth-order valence-electron chi connectivity index (χ4n) is 2.21. The van der Waals surface area contributed by atoms with Crippen molar-refractivity contribution in [3.63, 3.8) is 0 Å². The molecule has 0 atom stereocenters. The molecule has 0 spiro atoms. The highest BCUT2D eigenvalue weighted by Crippen LogP contribution is 2.15. The van der Waals surface area contributed by atoms with Crippen LogP contribution < -0.4 is 10.6 Å². The first-order valence-electron chi connectivity index (χ1n) is 7.37. The van der Waals surface area contributed by atoms with Crippen LogP contribution in [0.2, 0.25) is 0 Å². The van der Waals surface area contributed by atoms with E-state index in [1.807, 2.05) is 19.1 Å². The van der Waals surface area contributed by atoms with E-state index in [1.54, 1.807) is 12.1 Å². The van der Waals surface area contributed by atoms with Crippen LogP contribution in [0.5, 0.6) is 0 Å². The van der Waals surface area contributed by atoms with Gasteiger partial charge in [0.1, 0.15) is 5.82 Å². The van der Waals surface area contributed by atoms with E-state index in [1.165, 1.54) is 23.3 Å². The molecule has 0 aliphatic carbocycles. The second kappa shape index (κ2) is 7.59. The lowest BCUT2D eigenvalue weighted by atomic mass is 10.1. The molecule has 116 valence electrons. The van der Waals surface area contributed by atoms with Crippen molar-refractivity contribution in [3.05, 3.63) is 65.0 Å². The van der Waals surface area contributed by atoms with Crippen LogP contribution in [0.1, 0.15) is 23.1 Å². The van der Waals surface area contributed by atoms with Gasteiger partial charge < -0.3 is 10.6 Å². The molecule has 0 saturated carbocycles. The average Bonchev–Trinajstić information content (AvgIpc) is 2.49. The Kier molecular flexibility index (Phi) is 5.53. The average molecular weight is 300 g/mol. The van der Waals surface area contributed by atoms with E-state index >= 15 is 0 Å². The van der Waals surface area contributed by atoms with Gasteiger partial charge in [-0.15, -0.1) is 0 Å². The molecule has 2 N–H and O–H groups in total. The summed E-state index contributed by atoms with van der Waals surface area (Å²) in [5.41, 5.74) is 4.33. The number of halogens is 1. The van der Waals surface area contributed by atoms with Crippen LogP contribution in [0.3, 0.4) is 0 Å². The van der Waals surface area contributed by atoms with Crippen molar-refractivity contribution in [3.8, 4) is 0 Å². The summed E-state index contributed by atoms with van der Waals surface area (Å²) >= 11 is 0. The van der Waals surface area contributed by atoms with E-state index in [2.05, 4.69) is 23.6 Å². The first-order valence-corrected chi connectivity index (χ1v) is 7.37. The van der Waals surface area contributed by atoms with Crippen molar-refractivity contribution >= 4 is 11.6 Å². The zero-order valence-corrected chi connectivity index (χ0v) is 12.9. The van der Waals surface area contributed by atoms with E-state index in [9.17, 15) is 9.18 Å². The summed E-state index contributed by atoms with van der Waals surface area (Å²) in [5, 5.41) is 6.09. The number of hydrogen-bond donors (Lipinski definition) is 2. The van der Waals surface area contributed by atoms with Gasteiger partial charge in [-0.1, -0.05) is 29.8 Å². The van der Waals surface area contributed by atoms with Crippen LogP contribution in [0, 0.1) is 19.7 Å². The lowest BCUT2D eigenvalue weighted by molar-refractivity contribution is -0.121.